The number of fused-ring (bicyclic) bond motifs is 1. The van der Waals surface area contributed by atoms with Crippen LogP contribution >= 0.6 is 0 Å². The van der Waals surface area contributed by atoms with Gasteiger partial charge in [-0.15, -0.1) is 0 Å². The van der Waals surface area contributed by atoms with Crippen molar-refractivity contribution >= 4 is 12.2 Å². The van der Waals surface area contributed by atoms with Crippen molar-refractivity contribution in [3.8, 4) is 5.69 Å². The second-order valence-corrected chi connectivity index (χ2v) is 8.35. The highest BCUT2D eigenvalue weighted by atomic mass is 19.1. The summed E-state index contributed by atoms with van der Waals surface area (Å²) >= 11 is 0. The molecule has 32 heavy (non-hydrogen) atoms. The molecule has 1 atom stereocenters. The van der Waals surface area contributed by atoms with Crippen molar-refractivity contribution in [1.82, 2.24) is 29.3 Å². The number of benzene rings is 1. The van der Waals surface area contributed by atoms with E-state index < -0.39 is 0 Å². The highest BCUT2D eigenvalue weighted by Crippen LogP contribution is 2.33. The third kappa shape index (κ3) is 3.86. The van der Waals surface area contributed by atoms with Gasteiger partial charge in [-0.05, 0) is 75.1 Å². The monoisotopic (exact) mass is 428 g/mol. The van der Waals surface area contributed by atoms with Crippen molar-refractivity contribution in [2.75, 3.05) is 0 Å². The van der Waals surface area contributed by atoms with Crippen LogP contribution < -0.4 is 0 Å². The Morgan fingerprint density at radius 1 is 1.06 bits per heavy atom. The third-order valence-corrected chi connectivity index (χ3v) is 5.95. The summed E-state index contributed by atoms with van der Waals surface area (Å²) in [6, 6.07) is 9.36. The zero-order valence-electron chi connectivity index (χ0n) is 18.5. The Kier molecular flexibility index (Phi) is 5.17. The maximum Gasteiger partial charge on any atom is 0.174 e. The molecule has 0 N–H and O–H groups in total. The fourth-order valence-electron chi connectivity index (χ4n) is 4.29. The molecule has 1 aliphatic rings. The normalized spacial score (nSPS) is 15.9. The van der Waals surface area contributed by atoms with Crippen molar-refractivity contribution in [2.24, 2.45) is 0 Å². The zero-order valence-corrected chi connectivity index (χ0v) is 18.5. The van der Waals surface area contributed by atoms with Crippen LogP contribution in [0.25, 0.3) is 17.8 Å². The van der Waals surface area contributed by atoms with Gasteiger partial charge in [0.1, 0.15) is 11.6 Å². The van der Waals surface area contributed by atoms with E-state index in [4.69, 9.17) is 9.97 Å². The van der Waals surface area contributed by atoms with Crippen LogP contribution in [-0.4, -0.2) is 29.3 Å². The summed E-state index contributed by atoms with van der Waals surface area (Å²) in [4.78, 5) is 13.8. The molecule has 0 fully saturated rings. The summed E-state index contributed by atoms with van der Waals surface area (Å²) in [5, 5.41) is 4.68. The average Bonchev–Trinajstić information content (AvgIpc) is 3.40. The zero-order chi connectivity index (χ0) is 22.2. The maximum absolute atomic E-state index is 13.7. The van der Waals surface area contributed by atoms with Crippen LogP contribution in [0, 0.1) is 26.6 Å². The largest absolute Gasteiger partial charge is 0.304 e. The molecule has 6 nitrogen and oxygen atoms in total. The first-order valence-electron chi connectivity index (χ1n) is 10.9. The second-order valence-electron chi connectivity index (χ2n) is 8.35. The molecule has 3 aromatic heterocycles. The van der Waals surface area contributed by atoms with Crippen LogP contribution in [0.3, 0.4) is 0 Å². The Balaban J connectivity index is 1.39. The van der Waals surface area contributed by atoms with E-state index in [2.05, 4.69) is 10.1 Å². The Morgan fingerprint density at radius 2 is 1.94 bits per heavy atom. The Labute approximate surface area is 186 Å². The van der Waals surface area contributed by atoms with E-state index in [0.717, 1.165) is 53.5 Å². The molecule has 7 heteroatoms. The summed E-state index contributed by atoms with van der Waals surface area (Å²) in [5.74, 6) is 1.57. The average molecular weight is 429 g/mol. The van der Waals surface area contributed by atoms with Crippen LogP contribution in [0.4, 0.5) is 4.39 Å². The summed E-state index contributed by atoms with van der Waals surface area (Å²) in [6.07, 6.45) is 9.64. The smallest absolute Gasteiger partial charge is 0.174 e. The van der Waals surface area contributed by atoms with Crippen molar-refractivity contribution in [3.05, 3.63) is 88.5 Å². The van der Waals surface area contributed by atoms with Crippen LogP contribution in [0.2, 0.25) is 0 Å². The lowest BCUT2D eigenvalue weighted by molar-refractivity contribution is 0.445. The lowest BCUT2D eigenvalue weighted by Crippen LogP contribution is -2.18. The van der Waals surface area contributed by atoms with E-state index in [1.165, 1.54) is 0 Å². The lowest BCUT2D eigenvalue weighted by Gasteiger charge is -2.22. The molecule has 4 aromatic rings. The fourth-order valence-corrected chi connectivity index (χ4v) is 4.29. The van der Waals surface area contributed by atoms with Crippen LogP contribution in [-0.2, 0) is 6.54 Å². The van der Waals surface area contributed by atoms with Crippen LogP contribution in [0.5, 0.6) is 0 Å². The Bertz CT molecular complexity index is 1320. The first kappa shape index (κ1) is 20.3. The molecule has 1 aromatic carbocycles. The van der Waals surface area contributed by atoms with Gasteiger partial charge in [-0.2, -0.15) is 5.10 Å². The molecule has 0 bridgehead atoms. The molecule has 0 unspecified atom stereocenters. The quantitative estimate of drug-likeness (QED) is 0.458. The van der Waals surface area contributed by atoms with Gasteiger partial charge in [-0.3, -0.25) is 4.98 Å². The summed E-state index contributed by atoms with van der Waals surface area (Å²) in [6.45, 7) is 6.61. The fraction of sp³-hybridized carbons (Fsp3) is 0.280. The number of hydrogen-bond acceptors (Lipinski definition) is 4. The minimum absolute atomic E-state index is 0.135. The molecule has 0 saturated heterocycles. The number of pyridine rings is 1. The van der Waals surface area contributed by atoms with Crippen LogP contribution in [0.15, 0.2) is 42.9 Å². The van der Waals surface area contributed by atoms with Crippen molar-refractivity contribution in [3.63, 3.8) is 0 Å². The topological polar surface area (TPSA) is 61.4 Å². The Hall–Kier alpha value is -3.61. The molecule has 5 rings (SSSR count). The van der Waals surface area contributed by atoms with E-state index in [9.17, 15) is 4.39 Å². The number of aryl methyl sites for hydroxylation is 4. The van der Waals surface area contributed by atoms with E-state index >= 15 is 0 Å². The molecule has 1 aliphatic heterocycles. The van der Waals surface area contributed by atoms with Crippen LogP contribution in [0.1, 0.15) is 58.6 Å². The molecule has 0 saturated carbocycles. The second kappa shape index (κ2) is 8.15. The predicted molar refractivity (Wildman–Crippen MR) is 122 cm³/mol. The van der Waals surface area contributed by atoms with Gasteiger partial charge >= 0.3 is 0 Å². The van der Waals surface area contributed by atoms with Gasteiger partial charge < -0.3 is 4.57 Å². The SMILES string of the molecule is Cc1cn(-c2ccc(/C=C/c3nc4n(n3)CCC[C@H]4c3ccc(F)c(C)c3)nc2C)cn1. The van der Waals surface area contributed by atoms with E-state index in [0.29, 0.717) is 11.4 Å². The van der Waals surface area contributed by atoms with Gasteiger partial charge in [0.2, 0.25) is 0 Å². The standard InChI is InChI=1S/C25H25FN6/c1-16-13-19(6-9-22(16)26)21-5-4-12-32-25(21)29-24(30-32)11-8-20-7-10-23(18(3)28-20)31-14-17(2)27-15-31/h6-11,13-15,21H,4-5,12H2,1-3H3/b11-8+/t21-/m0/s1. The Morgan fingerprint density at radius 3 is 2.69 bits per heavy atom. The molecular weight excluding hydrogens is 403 g/mol. The highest BCUT2D eigenvalue weighted by Gasteiger charge is 2.25. The third-order valence-electron chi connectivity index (χ3n) is 5.95. The minimum Gasteiger partial charge on any atom is -0.304 e. The number of rotatable bonds is 4. The molecule has 0 radical (unpaired) electrons. The first-order chi connectivity index (χ1) is 15.5. The number of imidazole rings is 1. The van der Waals surface area contributed by atoms with Gasteiger partial charge in [0.15, 0.2) is 5.82 Å². The maximum atomic E-state index is 13.7. The summed E-state index contributed by atoms with van der Waals surface area (Å²) < 4.78 is 17.7. The van der Waals surface area contributed by atoms with E-state index in [1.54, 1.807) is 19.3 Å². The number of aromatic nitrogens is 6. The van der Waals surface area contributed by atoms with Crippen molar-refractivity contribution in [1.29, 1.82) is 0 Å². The minimum atomic E-state index is -0.174. The highest BCUT2D eigenvalue weighted by molar-refractivity contribution is 5.65. The van der Waals surface area contributed by atoms with Gasteiger partial charge in [0.05, 0.1) is 29.1 Å². The van der Waals surface area contributed by atoms with Crippen molar-refractivity contribution < 1.29 is 4.39 Å². The first-order valence-corrected chi connectivity index (χ1v) is 10.9. The summed E-state index contributed by atoms with van der Waals surface area (Å²) in [5.41, 5.74) is 5.51. The van der Waals surface area contributed by atoms with Gasteiger partial charge in [-0.25, -0.2) is 19.0 Å². The summed E-state index contributed by atoms with van der Waals surface area (Å²) in [7, 11) is 0. The lowest BCUT2D eigenvalue weighted by atomic mass is 9.90. The molecule has 0 amide bonds. The van der Waals surface area contributed by atoms with Gasteiger partial charge in [0, 0.05) is 18.7 Å². The molecule has 0 spiro atoms. The molecule has 4 heterocycles. The molecular formula is C25H25FN6. The van der Waals surface area contributed by atoms with Gasteiger partial charge in [0.25, 0.3) is 0 Å². The van der Waals surface area contributed by atoms with E-state index in [1.807, 2.05) is 65.7 Å². The van der Waals surface area contributed by atoms with Gasteiger partial charge in [-0.1, -0.05) is 12.1 Å². The van der Waals surface area contributed by atoms with E-state index in [-0.39, 0.29) is 11.7 Å². The molecule has 0 aliphatic carbocycles. The predicted octanol–water partition coefficient (Wildman–Crippen LogP) is 5.02. The number of hydrogen-bond donors (Lipinski definition) is 0. The molecule has 162 valence electrons. The van der Waals surface area contributed by atoms with Crippen molar-refractivity contribution in [2.45, 2.75) is 46.1 Å². The number of nitrogens with zero attached hydrogens (tertiary/aromatic N) is 6. The number of halogens is 1.